The van der Waals surface area contributed by atoms with E-state index < -0.39 is 10.7 Å². The minimum atomic E-state index is -0.511. The van der Waals surface area contributed by atoms with Crippen molar-refractivity contribution in [3.05, 3.63) is 46.5 Å². The van der Waals surface area contributed by atoms with Crippen molar-refractivity contribution >= 4 is 23.0 Å². The first kappa shape index (κ1) is 16.1. The summed E-state index contributed by atoms with van der Waals surface area (Å²) in [4.78, 5) is 21.1. The largest absolute Gasteiger partial charge is 0.353 e. The Hall–Kier alpha value is -2.77. The van der Waals surface area contributed by atoms with Crippen LogP contribution in [0.25, 0.3) is 0 Å². The van der Waals surface area contributed by atoms with Crippen LogP contribution in [-0.2, 0) is 0 Å². The molecule has 2 heterocycles. The van der Waals surface area contributed by atoms with E-state index in [-0.39, 0.29) is 23.0 Å². The SMILES string of the molecule is O=[N+]([O-])c1c(Nc2ccccc2F)ncnc1N1CCCCCC1. The molecule has 1 aliphatic heterocycles. The molecule has 126 valence electrons. The van der Waals surface area contributed by atoms with E-state index in [9.17, 15) is 14.5 Å². The van der Waals surface area contributed by atoms with E-state index >= 15 is 0 Å². The van der Waals surface area contributed by atoms with Gasteiger partial charge in [0.15, 0.2) is 0 Å². The molecule has 1 N–H and O–H groups in total. The molecule has 1 aromatic carbocycles. The lowest BCUT2D eigenvalue weighted by atomic mass is 10.2. The van der Waals surface area contributed by atoms with Crippen LogP contribution in [0.3, 0.4) is 0 Å². The van der Waals surface area contributed by atoms with Gasteiger partial charge in [-0.15, -0.1) is 0 Å². The molecule has 2 aromatic rings. The molecular weight excluding hydrogens is 313 g/mol. The zero-order chi connectivity index (χ0) is 16.9. The molecule has 0 atom stereocenters. The van der Waals surface area contributed by atoms with Crippen molar-refractivity contribution in [1.82, 2.24) is 9.97 Å². The minimum absolute atomic E-state index is 0.000605. The summed E-state index contributed by atoms with van der Waals surface area (Å²) in [6, 6.07) is 5.99. The third kappa shape index (κ3) is 3.42. The zero-order valence-corrected chi connectivity index (χ0v) is 13.1. The minimum Gasteiger partial charge on any atom is -0.351 e. The van der Waals surface area contributed by atoms with Crippen LogP contribution in [0, 0.1) is 15.9 Å². The van der Waals surface area contributed by atoms with Gasteiger partial charge in [0.2, 0.25) is 11.6 Å². The molecule has 3 rings (SSSR count). The second kappa shape index (κ2) is 7.20. The van der Waals surface area contributed by atoms with E-state index in [1.54, 1.807) is 12.1 Å². The Kier molecular flexibility index (Phi) is 4.83. The van der Waals surface area contributed by atoms with Crippen LogP contribution in [0.4, 0.5) is 27.4 Å². The molecule has 1 saturated heterocycles. The maximum absolute atomic E-state index is 13.8. The van der Waals surface area contributed by atoms with Crippen LogP contribution >= 0.6 is 0 Å². The van der Waals surface area contributed by atoms with Crippen molar-refractivity contribution in [2.75, 3.05) is 23.3 Å². The molecule has 1 aliphatic rings. The lowest BCUT2D eigenvalue weighted by molar-refractivity contribution is -0.383. The topological polar surface area (TPSA) is 84.2 Å². The van der Waals surface area contributed by atoms with Gasteiger partial charge in [-0.1, -0.05) is 25.0 Å². The zero-order valence-electron chi connectivity index (χ0n) is 13.1. The average molecular weight is 331 g/mol. The van der Waals surface area contributed by atoms with E-state index in [1.807, 2.05) is 4.90 Å². The first-order valence-corrected chi connectivity index (χ1v) is 7.92. The lowest BCUT2D eigenvalue weighted by Crippen LogP contribution is -2.26. The van der Waals surface area contributed by atoms with E-state index in [0.29, 0.717) is 0 Å². The van der Waals surface area contributed by atoms with Gasteiger partial charge in [0.05, 0.1) is 10.6 Å². The Labute approximate surface area is 138 Å². The maximum Gasteiger partial charge on any atom is 0.353 e. The Morgan fingerprint density at radius 3 is 2.50 bits per heavy atom. The van der Waals surface area contributed by atoms with Gasteiger partial charge in [0.1, 0.15) is 12.1 Å². The fourth-order valence-electron chi connectivity index (χ4n) is 2.83. The van der Waals surface area contributed by atoms with E-state index in [0.717, 1.165) is 38.8 Å². The van der Waals surface area contributed by atoms with Gasteiger partial charge in [-0.25, -0.2) is 14.4 Å². The molecule has 24 heavy (non-hydrogen) atoms. The highest BCUT2D eigenvalue weighted by Crippen LogP contribution is 2.34. The van der Waals surface area contributed by atoms with Crippen molar-refractivity contribution in [1.29, 1.82) is 0 Å². The molecule has 8 heteroatoms. The fourth-order valence-corrected chi connectivity index (χ4v) is 2.83. The van der Waals surface area contributed by atoms with Crippen LogP contribution in [0.1, 0.15) is 25.7 Å². The molecule has 1 aromatic heterocycles. The number of rotatable bonds is 4. The molecule has 0 saturated carbocycles. The molecule has 0 amide bonds. The van der Waals surface area contributed by atoms with Gasteiger partial charge in [0, 0.05) is 13.1 Å². The number of aromatic nitrogens is 2. The predicted molar refractivity (Wildman–Crippen MR) is 89.1 cm³/mol. The van der Waals surface area contributed by atoms with Crippen molar-refractivity contribution < 1.29 is 9.31 Å². The number of para-hydroxylation sites is 1. The van der Waals surface area contributed by atoms with Crippen molar-refractivity contribution in [2.45, 2.75) is 25.7 Å². The number of hydrogen-bond acceptors (Lipinski definition) is 6. The van der Waals surface area contributed by atoms with Crippen LogP contribution in [0.2, 0.25) is 0 Å². The highest BCUT2D eigenvalue weighted by Gasteiger charge is 2.27. The molecular formula is C16H18FN5O2. The quantitative estimate of drug-likeness (QED) is 0.680. The highest BCUT2D eigenvalue weighted by molar-refractivity contribution is 5.74. The third-order valence-electron chi connectivity index (χ3n) is 4.02. The highest BCUT2D eigenvalue weighted by atomic mass is 19.1. The molecule has 0 radical (unpaired) electrons. The Bertz CT molecular complexity index is 732. The maximum atomic E-state index is 13.8. The normalized spacial score (nSPS) is 15.0. The van der Waals surface area contributed by atoms with Crippen molar-refractivity contribution in [3.8, 4) is 0 Å². The van der Waals surface area contributed by atoms with Crippen molar-refractivity contribution in [3.63, 3.8) is 0 Å². The first-order chi connectivity index (χ1) is 11.7. The number of halogens is 1. The number of nitrogens with zero attached hydrogens (tertiary/aromatic N) is 4. The fraction of sp³-hybridized carbons (Fsp3) is 0.375. The summed E-state index contributed by atoms with van der Waals surface area (Å²) in [5.74, 6) is -0.211. The Morgan fingerprint density at radius 1 is 1.12 bits per heavy atom. The first-order valence-electron chi connectivity index (χ1n) is 7.92. The number of anilines is 3. The lowest BCUT2D eigenvalue weighted by Gasteiger charge is -2.21. The van der Waals surface area contributed by atoms with Gasteiger partial charge in [0.25, 0.3) is 0 Å². The second-order valence-electron chi connectivity index (χ2n) is 5.66. The molecule has 0 spiro atoms. The molecule has 0 bridgehead atoms. The molecule has 0 aliphatic carbocycles. The number of nitro groups is 1. The number of benzene rings is 1. The molecule has 7 nitrogen and oxygen atoms in total. The predicted octanol–water partition coefficient (Wildman–Crippen LogP) is 3.65. The van der Waals surface area contributed by atoms with Crippen LogP contribution in [0.15, 0.2) is 30.6 Å². The summed E-state index contributed by atoms with van der Waals surface area (Å²) in [7, 11) is 0. The third-order valence-corrected chi connectivity index (χ3v) is 4.02. The van der Waals surface area contributed by atoms with E-state index in [1.165, 1.54) is 18.5 Å². The van der Waals surface area contributed by atoms with Gasteiger partial charge in [-0.3, -0.25) is 10.1 Å². The Morgan fingerprint density at radius 2 is 1.83 bits per heavy atom. The van der Waals surface area contributed by atoms with Gasteiger partial charge >= 0.3 is 5.69 Å². The van der Waals surface area contributed by atoms with Gasteiger partial charge < -0.3 is 10.2 Å². The van der Waals surface area contributed by atoms with Crippen LogP contribution in [-0.4, -0.2) is 28.0 Å². The second-order valence-corrected chi connectivity index (χ2v) is 5.66. The number of nitrogens with one attached hydrogen (secondary N) is 1. The van der Waals surface area contributed by atoms with Crippen LogP contribution < -0.4 is 10.2 Å². The standard InChI is InChI=1S/C16H18FN5O2/c17-12-7-3-4-8-13(12)20-15-14(22(23)24)16(19-11-18-15)21-9-5-1-2-6-10-21/h3-4,7-8,11H,1-2,5-6,9-10H2,(H,18,19,20). The summed E-state index contributed by atoms with van der Waals surface area (Å²) in [5, 5.41) is 14.3. The smallest absolute Gasteiger partial charge is 0.351 e. The monoisotopic (exact) mass is 331 g/mol. The van der Waals surface area contributed by atoms with Crippen molar-refractivity contribution in [2.24, 2.45) is 0 Å². The van der Waals surface area contributed by atoms with E-state index in [2.05, 4.69) is 15.3 Å². The average Bonchev–Trinajstić information content (AvgIpc) is 2.86. The van der Waals surface area contributed by atoms with Gasteiger partial charge in [-0.2, -0.15) is 0 Å². The summed E-state index contributed by atoms with van der Waals surface area (Å²) < 4.78 is 13.8. The summed E-state index contributed by atoms with van der Waals surface area (Å²) in [6.45, 7) is 1.44. The Balaban J connectivity index is 1.99. The summed E-state index contributed by atoms with van der Waals surface area (Å²) in [6.07, 6.45) is 5.43. The van der Waals surface area contributed by atoms with E-state index in [4.69, 9.17) is 0 Å². The van der Waals surface area contributed by atoms with Crippen LogP contribution in [0.5, 0.6) is 0 Å². The molecule has 0 unspecified atom stereocenters. The number of hydrogen-bond donors (Lipinski definition) is 1. The molecule has 1 fully saturated rings. The summed E-state index contributed by atoms with van der Waals surface area (Å²) >= 11 is 0. The summed E-state index contributed by atoms with van der Waals surface area (Å²) in [5.41, 5.74) is -0.0798. The van der Waals surface area contributed by atoms with Gasteiger partial charge in [-0.05, 0) is 25.0 Å².